The van der Waals surface area contributed by atoms with Crippen LogP contribution in [0.25, 0.3) is 0 Å². The summed E-state index contributed by atoms with van der Waals surface area (Å²) in [6, 6.07) is 0. The SMILES string of the molecule is CCCN(CC(C)(C)CC)C(C)(C)C. The quantitative estimate of drug-likeness (QED) is 0.648. The van der Waals surface area contributed by atoms with E-state index >= 15 is 0 Å². The van der Waals surface area contributed by atoms with Crippen LogP contribution < -0.4 is 0 Å². The first-order chi connectivity index (χ1) is 6.23. The predicted molar refractivity (Wildman–Crippen MR) is 65.7 cm³/mol. The van der Waals surface area contributed by atoms with Crippen molar-refractivity contribution >= 4 is 0 Å². The third-order valence-corrected chi connectivity index (χ3v) is 3.02. The summed E-state index contributed by atoms with van der Waals surface area (Å²) in [4.78, 5) is 2.61. The van der Waals surface area contributed by atoms with Crippen molar-refractivity contribution < 1.29 is 0 Å². The summed E-state index contributed by atoms with van der Waals surface area (Å²) in [5, 5.41) is 0. The standard InChI is InChI=1S/C13H29N/c1-8-10-14(12(3,4)5)11-13(6,7)9-2/h8-11H2,1-7H3. The normalized spacial score (nSPS) is 13.7. The van der Waals surface area contributed by atoms with E-state index < -0.39 is 0 Å². The maximum absolute atomic E-state index is 2.61. The van der Waals surface area contributed by atoms with Crippen molar-refractivity contribution in [1.29, 1.82) is 0 Å². The highest BCUT2D eigenvalue weighted by Gasteiger charge is 2.26. The van der Waals surface area contributed by atoms with E-state index in [1.807, 2.05) is 0 Å². The Morgan fingerprint density at radius 2 is 1.43 bits per heavy atom. The minimum absolute atomic E-state index is 0.308. The topological polar surface area (TPSA) is 3.24 Å². The highest BCUT2D eigenvalue weighted by Crippen LogP contribution is 2.25. The van der Waals surface area contributed by atoms with Crippen LogP contribution in [0.2, 0.25) is 0 Å². The Labute approximate surface area is 90.9 Å². The maximum atomic E-state index is 2.61. The molecule has 0 saturated carbocycles. The molecule has 14 heavy (non-hydrogen) atoms. The van der Waals surface area contributed by atoms with Gasteiger partial charge in [0.2, 0.25) is 0 Å². The third kappa shape index (κ3) is 4.99. The molecule has 0 radical (unpaired) electrons. The van der Waals surface area contributed by atoms with Gasteiger partial charge < -0.3 is 0 Å². The first-order valence-corrected chi connectivity index (χ1v) is 5.98. The number of hydrogen-bond acceptors (Lipinski definition) is 1. The van der Waals surface area contributed by atoms with Crippen LogP contribution in [0, 0.1) is 5.41 Å². The molecule has 0 rings (SSSR count). The van der Waals surface area contributed by atoms with E-state index in [1.54, 1.807) is 0 Å². The van der Waals surface area contributed by atoms with Crippen LogP contribution in [0.1, 0.15) is 61.3 Å². The summed E-state index contributed by atoms with van der Waals surface area (Å²) in [5.74, 6) is 0. The highest BCUT2D eigenvalue weighted by atomic mass is 15.2. The maximum Gasteiger partial charge on any atom is 0.0125 e. The van der Waals surface area contributed by atoms with Crippen molar-refractivity contribution in [2.75, 3.05) is 13.1 Å². The molecule has 86 valence electrons. The first kappa shape index (κ1) is 14.0. The molecule has 0 fully saturated rings. The minimum Gasteiger partial charge on any atom is -0.298 e. The van der Waals surface area contributed by atoms with Crippen LogP contribution in [-0.4, -0.2) is 23.5 Å². The van der Waals surface area contributed by atoms with Gasteiger partial charge in [-0.2, -0.15) is 0 Å². The van der Waals surface area contributed by atoms with Crippen molar-refractivity contribution in [2.45, 2.75) is 66.8 Å². The molecule has 0 heterocycles. The zero-order valence-electron chi connectivity index (χ0n) is 11.3. The van der Waals surface area contributed by atoms with E-state index in [9.17, 15) is 0 Å². The second-order valence-electron chi connectivity index (χ2n) is 6.11. The molecule has 0 aliphatic heterocycles. The molecule has 0 aromatic rings. The molecule has 0 unspecified atom stereocenters. The Bertz CT molecular complexity index is 150. The average Bonchev–Trinajstić information content (AvgIpc) is 2.02. The van der Waals surface area contributed by atoms with E-state index in [-0.39, 0.29) is 0 Å². The fraction of sp³-hybridized carbons (Fsp3) is 1.00. The lowest BCUT2D eigenvalue weighted by Gasteiger charge is -2.40. The molecular formula is C13H29N. The monoisotopic (exact) mass is 199 g/mol. The van der Waals surface area contributed by atoms with Gasteiger partial charge in [-0.05, 0) is 45.6 Å². The largest absolute Gasteiger partial charge is 0.298 e. The summed E-state index contributed by atoms with van der Waals surface area (Å²) in [5.41, 5.74) is 0.755. The summed E-state index contributed by atoms with van der Waals surface area (Å²) < 4.78 is 0. The van der Waals surface area contributed by atoms with Crippen LogP contribution in [0.4, 0.5) is 0 Å². The fourth-order valence-electron chi connectivity index (χ4n) is 1.55. The summed E-state index contributed by atoms with van der Waals surface area (Å²) in [7, 11) is 0. The number of rotatable bonds is 5. The molecule has 0 atom stereocenters. The van der Waals surface area contributed by atoms with Crippen molar-refractivity contribution in [3.63, 3.8) is 0 Å². The van der Waals surface area contributed by atoms with E-state index in [1.165, 1.54) is 25.9 Å². The Morgan fingerprint density at radius 3 is 1.71 bits per heavy atom. The second kappa shape index (κ2) is 5.16. The van der Waals surface area contributed by atoms with Gasteiger partial charge in [0.25, 0.3) is 0 Å². The molecule has 0 bridgehead atoms. The fourth-order valence-corrected chi connectivity index (χ4v) is 1.55. The van der Waals surface area contributed by atoms with Crippen molar-refractivity contribution in [2.24, 2.45) is 5.41 Å². The predicted octanol–water partition coefficient (Wildman–Crippen LogP) is 3.93. The molecule has 1 nitrogen and oxygen atoms in total. The smallest absolute Gasteiger partial charge is 0.0125 e. The van der Waals surface area contributed by atoms with Crippen molar-refractivity contribution in [3.05, 3.63) is 0 Å². The Hall–Kier alpha value is -0.0400. The van der Waals surface area contributed by atoms with Crippen molar-refractivity contribution in [1.82, 2.24) is 4.90 Å². The van der Waals surface area contributed by atoms with Gasteiger partial charge >= 0.3 is 0 Å². The van der Waals surface area contributed by atoms with Crippen LogP contribution in [-0.2, 0) is 0 Å². The van der Waals surface area contributed by atoms with Gasteiger partial charge in [0.15, 0.2) is 0 Å². The van der Waals surface area contributed by atoms with Gasteiger partial charge in [-0.3, -0.25) is 4.90 Å². The van der Waals surface area contributed by atoms with Gasteiger partial charge in [-0.1, -0.05) is 27.7 Å². The third-order valence-electron chi connectivity index (χ3n) is 3.02. The zero-order valence-corrected chi connectivity index (χ0v) is 11.3. The Morgan fingerprint density at radius 1 is 0.929 bits per heavy atom. The molecule has 1 heteroatoms. The molecule has 0 spiro atoms. The first-order valence-electron chi connectivity index (χ1n) is 5.98. The molecule has 0 saturated heterocycles. The second-order valence-corrected chi connectivity index (χ2v) is 6.11. The molecule has 0 aromatic heterocycles. The van der Waals surface area contributed by atoms with Gasteiger partial charge in [-0.15, -0.1) is 0 Å². The molecule has 0 N–H and O–H groups in total. The summed E-state index contributed by atoms with van der Waals surface area (Å²) in [6.45, 7) is 18.6. The van der Waals surface area contributed by atoms with Gasteiger partial charge in [-0.25, -0.2) is 0 Å². The number of nitrogens with zero attached hydrogens (tertiary/aromatic N) is 1. The van der Waals surface area contributed by atoms with Gasteiger partial charge in [0.05, 0.1) is 0 Å². The van der Waals surface area contributed by atoms with Gasteiger partial charge in [0.1, 0.15) is 0 Å². The van der Waals surface area contributed by atoms with Gasteiger partial charge in [0, 0.05) is 12.1 Å². The lowest BCUT2D eigenvalue weighted by molar-refractivity contribution is 0.0827. The van der Waals surface area contributed by atoms with E-state index in [4.69, 9.17) is 0 Å². The van der Waals surface area contributed by atoms with E-state index in [0.29, 0.717) is 11.0 Å². The minimum atomic E-state index is 0.308. The molecule has 0 aliphatic rings. The highest BCUT2D eigenvalue weighted by molar-refractivity contribution is 4.81. The van der Waals surface area contributed by atoms with Crippen molar-refractivity contribution in [3.8, 4) is 0 Å². The number of hydrogen-bond donors (Lipinski definition) is 0. The summed E-state index contributed by atoms with van der Waals surface area (Å²) in [6.07, 6.45) is 2.50. The Balaban J connectivity index is 4.38. The van der Waals surface area contributed by atoms with Crippen LogP contribution in [0.3, 0.4) is 0 Å². The van der Waals surface area contributed by atoms with E-state index in [2.05, 4.69) is 53.4 Å². The van der Waals surface area contributed by atoms with Crippen LogP contribution in [0.15, 0.2) is 0 Å². The summed E-state index contributed by atoms with van der Waals surface area (Å²) >= 11 is 0. The lowest BCUT2D eigenvalue weighted by atomic mass is 9.88. The van der Waals surface area contributed by atoms with E-state index in [0.717, 1.165) is 0 Å². The Kier molecular flexibility index (Phi) is 5.14. The molecule has 0 aromatic carbocycles. The van der Waals surface area contributed by atoms with Crippen LogP contribution >= 0.6 is 0 Å². The molecular weight excluding hydrogens is 170 g/mol. The molecule has 0 aliphatic carbocycles. The van der Waals surface area contributed by atoms with Crippen LogP contribution in [0.5, 0.6) is 0 Å². The average molecular weight is 199 g/mol. The molecule has 0 amide bonds. The lowest BCUT2D eigenvalue weighted by Crippen LogP contribution is -2.46. The zero-order chi connectivity index (χ0) is 11.4.